The van der Waals surface area contributed by atoms with Gasteiger partial charge in [-0.05, 0) is 36.4 Å². The van der Waals surface area contributed by atoms with Crippen molar-refractivity contribution in [3.63, 3.8) is 0 Å². The van der Waals surface area contributed by atoms with Crippen LogP contribution >= 0.6 is 0 Å². The Morgan fingerprint density at radius 3 is 2.35 bits per heavy atom. The van der Waals surface area contributed by atoms with Crippen molar-refractivity contribution in [2.45, 2.75) is 6.18 Å². The Balaban J connectivity index is 1.67. The monoisotopic (exact) mass is 433 g/mol. The fraction of sp³-hybridized carbons (Fsp3) is 0.286. The van der Waals surface area contributed by atoms with Crippen LogP contribution in [0.5, 0.6) is 0 Å². The van der Waals surface area contributed by atoms with Crippen molar-refractivity contribution in [1.29, 1.82) is 0 Å². The van der Waals surface area contributed by atoms with Gasteiger partial charge in [0.05, 0.1) is 41.3 Å². The van der Waals surface area contributed by atoms with E-state index >= 15 is 0 Å². The molecular formula is C21H18F3N3O4. The molecule has 2 aromatic rings. The lowest BCUT2D eigenvalue weighted by Gasteiger charge is -2.31. The fourth-order valence-corrected chi connectivity index (χ4v) is 3.59. The zero-order valence-electron chi connectivity index (χ0n) is 16.5. The maximum atomic E-state index is 13.2. The number of imide groups is 1. The van der Waals surface area contributed by atoms with Gasteiger partial charge in [-0.15, -0.1) is 0 Å². The quantitative estimate of drug-likeness (QED) is 0.753. The number of nitrogens with zero attached hydrogens (tertiary/aromatic N) is 2. The molecule has 2 aliphatic heterocycles. The lowest BCUT2D eigenvalue weighted by molar-refractivity contribution is -0.137. The van der Waals surface area contributed by atoms with E-state index in [0.717, 1.165) is 17.0 Å². The summed E-state index contributed by atoms with van der Waals surface area (Å²) in [5.74, 6) is -1.70. The second kappa shape index (κ2) is 7.69. The Hall–Kier alpha value is -3.40. The summed E-state index contributed by atoms with van der Waals surface area (Å²) >= 11 is 0. The minimum atomic E-state index is -4.58. The summed E-state index contributed by atoms with van der Waals surface area (Å²) in [5.41, 5.74) is -0.134. The van der Waals surface area contributed by atoms with Gasteiger partial charge in [-0.2, -0.15) is 13.2 Å². The van der Waals surface area contributed by atoms with E-state index in [1.165, 1.54) is 31.3 Å². The highest BCUT2D eigenvalue weighted by Gasteiger charge is 2.34. The van der Waals surface area contributed by atoms with Crippen LogP contribution in [0.2, 0.25) is 0 Å². The maximum absolute atomic E-state index is 13.2. The molecule has 4 rings (SSSR count). The molecule has 0 saturated carbocycles. The first-order chi connectivity index (χ1) is 14.7. The summed E-state index contributed by atoms with van der Waals surface area (Å²) in [6, 6.07) is 7.18. The van der Waals surface area contributed by atoms with E-state index in [9.17, 15) is 27.6 Å². The molecule has 0 aromatic heterocycles. The van der Waals surface area contributed by atoms with Crippen molar-refractivity contribution in [1.82, 2.24) is 4.90 Å². The Kier molecular flexibility index (Phi) is 5.18. The van der Waals surface area contributed by atoms with E-state index in [2.05, 4.69) is 5.32 Å². The number of benzene rings is 2. The fourth-order valence-electron chi connectivity index (χ4n) is 3.59. The molecule has 1 N–H and O–H groups in total. The van der Waals surface area contributed by atoms with E-state index in [-0.39, 0.29) is 22.4 Å². The number of morpholine rings is 1. The van der Waals surface area contributed by atoms with Crippen LogP contribution in [0.4, 0.5) is 24.5 Å². The second-order valence-corrected chi connectivity index (χ2v) is 7.21. The van der Waals surface area contributed by atoms with Gasteiger partial charge in [0.2, 0.25) is 0 Å². The van der Waals surface area contributed by atoms with Gasteiger partial charge < -0.3 is 15.0 Å². The first-order valence-electron chi connectivity index (χ1n) is 9.48. The zero-order valence-corrected chi connectivity index (χ0v) is 16.5. The highest BCUT2D eigenvalue weighted by atomic mass is 19.4. The molecule has 10 heteroatoms. The molecule has 0 bridgehead atoms. The highest BCUT2D eigenvalue weighted by molar-refractivity contribution is 6.22. The van der Waals surface area contributed by atoms with Gasteiger partial charge in [0, 0.05) is 25.7 Å². The molecular weight excluding hydrogens is 415 g/mol. The van der Waals surface area contributed by atoms with Crippen LogP contribution in [-0.4, -0.2) is 56.0 Å². The minimum Gasteiger partial charge on any atom is -0.378 e. The molecule has 0 atom stereocenters. The number of ether oxygens (including phenoxy) is 1. The molecule has 0 radical (unpaired) electrons. The van der Waals surface area contributed by atoms with Crippen molar-refractivity contribution in [3.8, 4) is 0 Å². The average Bonchev–Trinajstić information content (AvgIpc) is 2.97. The molecule has 0 spiro atoms. The van der Waals surface area contributed by atoms with Gasteiger partial charge in [0.15, 0.2) is 0 Å². The summed E-state index contributed by atoms with van der Waals surface area (Å²) in [7, 11) is 1.33. The number of anilines is 2. The second-order valence-electron chi connectivity index (χ2n) is 7.21. The first-order valence-corrected chi connectivity index (χ1v) is 9.48. The molecule has 3 amide bonds. The molecule has 2 aromatic carbocycles. The lowest BCUT2D eigenvalue weighted by atomic mass is 10.0. The van der Waals surface area contributed by atoms with Gasteiger partial charge in [-0.25, -0.2) is 0 Å². The van der Waals surface area contributed by atoms with E-state index in [0.29, 0.717) is 32.0 Å². The van der Waals surface area contributed by atoms with Gasteiger partial charge in [-0.1, -0.05) is 0 Å². The summed E-state index contributed by atoms with van der Waals surface area (Å²) in [4.78, 5) is 39.8. The number of amides is 3. The summed E-state index contributed by atoms with van der Waals surface area (Å²) in [6.07, 6.45) is -4.58. The van der Waals surface area contributed by atoms with Crippen LogP contribution < -0.4 is 10.2 Å². The molecule has 1 fully saturated rings. The van der Waals surface area contributed by atoms with Crippen LogP contribution in [-0.2, 0) is 10.9 Å². The number of alkyl halides is 3. The number of nitrogens with one attached hydrogen (secondary N) is 1. The first kappa shape index (κ1) is 20.9. The van der Waals surface area contributed by atoms with Crippen LogP contribution in [0.1, 0.15) is 36.6 Å². The molecule has 2 heterocycles. The lowest BCUT2D eigenvalue weighted by Crippen LogP contribution is -2.36. The SMILES string of the molecule is CN1C(=O)c2ccc(C(=O)Nc3cc(C(F)(F)F)ccc3N3CCOCC3)cc2C1=O. The van der Waals surface area contributed by atoms with Crippen LogP contribution in [0, 0.1) is 0 Å². The topological polar surface area (TPSA) is 79.0 Å². The molecule has 0 aliphatic carbocycles. The van der Waals surface area contributed by atoms with Crippen LogP contribution in [0.15, 0.2) is 36.4 Å². The van der Waals surface area contributed by atoms with E-state index in [4.69, 9.17) is 4.74 Å². The Labute approximate surface area is 175 Å². The van der Waals surface area contributed by atoms with Crippen molar-refractivity contribution in [3.05, 3.63) is 58.7 Å². The van der Waals surface area contributed by atoms with Crippen molar-refractivity contribution in [2.24, 2.45) is 0 Å². The molecule has 162 valence electrons. The number of halogens is 3. The van der Waals surface area contributed by atoms with Gasteiger partial charge in [0.25, 0.3) is 17.7 Å². The van der Waals surface area contributed by atoms with E-state index < -0.39 is 29.5 Å². The van der Waals surface area contributed by atoms with Crippen molar-refractivity contribution >= 4 is 29.1 Å². The number of hydrogen-bond donors (Lipinski definition) is 1. The standard InChI is InChI=1S/C21H18F3N3O4/c1-26-19(29)14-4-2-12(10-15(14)20(26)30)18(28)25-16-11-13(21(22,23)24)3-5-17(16)27-6-8-31-9-7-27/h2-5,10-11H,6-9H2,1H3,(H,25,28). The summed E-state index contributed by atoms with van der Waals surface area (Å²) in [5, 5.41) is 2.53. The largest absolute Gasteiger partial charge is 0.416 e. The van der Waals surface area contributed by atoms with Gasteiger partial charge >= 0.3 is 6.18 Å². The van der Waals surface area contributed by atoms with E-state index in [1.54, 1.807) is 0 Å². The van der Waals surface area contributed by atoms with Crippen LogP contribution in [0.25, 0.3) is 0 Å². The normalized spacial score (nSPS) is 16.5. The minimum absolute atomic E-state index is 0.00162. The number of carbonyl (C=O) groups excluding carboxylic acids is 3. The molecule has 0 unspecified atom stereocenters. The van der Waals surface area contributed by atoms with Crippen LogP contribution in [0.3, 0.4) is 0 Å². The molecule has 1 saturated heterocycles. The third kappa shape index (κ3) is 3.86. The van der Waals surface area contributed by atoms with Gasteiger partial charge in [-0.3, -0.25) is 19.3 Å². The molecule has 2 aliphatic rings. The Bertz CT molecular complexity index is 1080. The number of carbonyl (C=O) groups is 3. The third-order valence-corrected chi connectivity index (χ3v) is 5.28. The maximum Gasteiger partial charge on any atom is 0.416 e. The Morgan fingerprint density at radius 2 is 1.68 bits per heavy atom. The highest BCUT2D eigenvalue weighted by Crippen LogP contribution is 2.36. The van der Waals surface area contributed by atoms with Crippen molar-refractivity contribution in [2.75, 3.05) is 43.6 Å². The van der Waals surface area contributed by atoms with Gasteiger partial charge in [0.1, 0.15) is 0 Å². The average molecular weight is 433 g/mol. The molecule has 7 nitrogen and oxygen atoms in total. The third-order valence-electron chi connectivity index (χ3n) is 5.28. The summed E-state index contributed by atoms with van der Waals surface area (Å²) in [6.45, 7) is 1.78. The number of hydrogen-bond acceptors (Lipinski definition) is 5. The smallest absolute Gasteiger partial charge is 0.378 e. The molecule has 31 heavy (non-hydrogen) atoms. The Morgan fingerprint density at radius 1 is 1.00 bits per heavy atom. The zero-order chi connectivity index (χ0) is 22.3. The summed E-state index contributed by atoms with van der Waals surface area (Å²) < 4.78 is 45.0. The predicted molar refractivity (Wildman–Crippen MR) is 105 cm³/mol. The van der Waals surface area contributed by atoms with E-state index in [1.807, 2.05) is 4.90 Å². The predicted octanol–water partition coefficient (Wildman–Crippen LogP) is 3.02. The van der Waals surface area contributed by atoms with Crippen molar-refractivity contribution < 1.29 is 32.3 Å². The number of fused-ring (bicyclic) bond motifs is 1. The number of rotatable bonds is 3.